The molecule has 1 fully saturated rings. The highest BCUT2D eigenvalue weighted by atomic mass is 15.1. The van der Waals surface area contributed by atoms with Crippen LogP contribution in [0.3, 0.4) is 0 Å². The molecule has 1 aliphatic heterocycles. The van der Waals surface area contributed by atoms with Gasteiger partial charge < -0.3 is 10.2 Å². The third-order valence-electron chi connectivity index (χ3n) is 4.17. The van der Waals surface area contributed by atoms with Gasteiger partial charge in [-0.2, -0.15) is 0 Å². The number of hydrogen-bond donors (Lipinski definition) is 1. The Kier molecular flexibility index (Phi) is 4.46. The smallest absolute Gasteiger partial charge is 0.144 e. The Morgan fingerprint density at radius 2 is 2.10 bits per heavy atom. The molecule has 4 heteroatoms. The van der Waals surface area contributed by atoms with Crippen molar-refractivity contribution in [2.75, 3.05) is 25.5 Å². The molecule has 2 atom stereocenters. The zero-order valence-corrected chi connectivity index (χ0v) is 12.4. The normalized spacial score (nSPS) is 22.9. The summed E-state index contributed by atoms with van der Waals surface area (Å²) in [6.07, 6.45) is 7.50. The van der Waals surface area contributed by atoms with Gasteiger partial charge in [-0.1, -0.05) is 30.3 Å². The van der Waals surface area contributed by atoms with Crippen molar-refractivity contribution in [3.63, 3.8) is 0 Å². The van der Waals surface area contributed by atoms with E-state index in [1.807, 2.05) is 0 Å². The van der Waals surface area contributed by atoms with Crippen LogP contribution in [-0.2, 0) is 6.42 Å². The lowest BCUT2D eigenvalue weighted by Gasteiger charge is -2.37. The second kappa shape index (κ2) is 6.68. The van der Waals surface area contributed by atoms with E-state index in [1.54, 1.807) is 18.6 Å². The fourth-order valence-electron chi connectivity index (χ4n) is 3.09. The molecular formula is C17H22N4. The van der Waals surface area contributed by atoms with Crippen LogP contribution in [0.5, 0.6) is 0 Å². The number of likely N-dealkylation sites (tertiary alicyclic amines) is 1. The molecule has 110 valence electrons. The first-order valence-electron chi connectivity index (χ1n) is 7.56. The van der Waals surface area contributed by atoms with Gasteiger partial charge in [-0.15, -0.1) is 0 Å². The van der Waals surface area contributed by atoms with Crippen LogP contribution < -0.4 is 5.32 Å². The third-order valence-corrected chi connectivity index (χ3v) is 4.17. The van der Waals surface area contributed by atoms with E-state index in [2.05, 4.69) is 57.6 Å². The summed E-state index contributed by atoms with van der Waals surface area (Å²) in [7, 11) is 2.20. The summed E-state index contributed by atoms with van der Waals surface area (Å²) in [6.45, 7) is 2.25. The van der Waals surface area contributed by atoms with E-state index >= 15 is 0 Å². The average molecular weight is 282 g/mol. The van der Waals surface area contributed by atoms with Gasteiger partial charge in [0, 0.05) is 25.0 Å². The Morgan fingerprint density at radius 1 is 1.24 bits per heavy atom. The van der Waals surface area contributed by atoms with Gasteiger partial charge in [-0.25, -0.2) is 4.98 Å². The molecule has 0 aliphatic carbocycles. The second-order valence-electron chi connectivity index (χ2n) is 5.84. The van der Waals surface area contributed by atoms with E-state index in [4.69, 9.17) is 0 Å². The topological polar surface area (TPSA) is 41.0 Å². The van der Waals surface area contributed by atoms with E-state index in [-0.39, 0.29) is 0 Å². The maximum Gasteiger partial charge on any atom is 0.144 e. The van der Waals surface area contributed by atoms with Crippen LogP contribution in [0.4, 0.5) is 5.82 Å². The summed E-state index contributed by atoms with van der Waals surface area (Å²) in [5.41, 5.74) is 1.41. The summed E-state index contributed by atoms with van der Waals surface area (Å²) in [5, 5.41) is 3.57. The van der Waals surface area contributed by atoms with E-state index in [9.17, 15) is 0 Å². The highest BCUT2D eigenvalue weighted by molar-refractivity contribution is 5.32. The zero-order chi connectivity index (χ0) is 14.5. The molecule has 1 saturated heterocycles. The number of nitrogens with one attached hydrogen (secondary N) is 1. The van der Waals surface area contributed by atoms with Crippen LogP contribution in [0.2, 0.25) is 0 Å². The van der Waals surface area contributed by atoms with Crippen molar-refractivity contribution in [3.05, 3.63) is 54.5 Å². The molecule has 1 aliphatic rings. The molecule has 1 aromatic carbocycles. The Labute approximate surface area is 126 Å². The summed E-state index contributed by atoms with van der Waals surface area (Å²) in [6, 6.07) is 11.2. The molecule has 2 heterocycles. The molecule has 1 N–H and O–H groups in total. The van der Waals surface area contributed by atoms with Crippen molar-refractivity contribution < 1.29 is 0 Å². The predicted octanol–water partition coefficient (Wildman–Crippen LogP) is 2.45. The molecule has 0 saturated carbocycles. The summed E-state index contributed by atoms with van der Waals surface area (Å²) >= 11 is 0. The largest absolute Gasteiger partial charge is 0.366 e. The molecular weight excluding hydrogens is 260 g/mol. The van der Waals surface area contributed by atoms with Crippen LogP contribution in [0.1, 0.15) is 12.0 Å². The number of piperidine rings is 1. The Morgan fingerprint density at radius 3 is 2.86 bits per heavy atom. The third kappa shape index (κ3) is 3.79. The number of hydrogen-bond acceptors (Lipinski definition) is 4. The minimum absolute atomic E-state index is 0.457. The minimum Gasteiger partial charge on any atom is -0.366 e. The Balaban J connectivity index is 1.71. The van der Waals surface area contributed by atoms with Crippen molar-refractivity contribution in [1.29, 1.82) is 0 Å². The first-order valence-corrected chi connectivity index (χ1v) is 7.56. The van der Waals surface area contributed by atoms with Crippen LogP contribution >= 0.6 is 0 Å². The van der Waals surface area contributed by atoms with Crippen molar-refractivity contribution in [1.82, 2.24) is 14.9 Å². The maximum atomic E-state index is 4.35. The van der Waals surface area contributed by atoms with Crippen molar-refractivity contribution in [3.8, 4) is 0 Å². The fourth-order valence-corrected chi connectivity index (χ4v) is 3.09. The Hall–Kier alpha value is -1.94. The molecule has 3 rings (SSSR count). The van der Waals surface area contributed by atoms with E-state index < -0.39 is 0 Å². The molecule has 21 heavy (non-hydrogen) atoms. The molecule has 1 aromatic heterocycles. The highest BCUT2D eigenvalue weighted by Gasteiger charge is 2.28. The first-order chi connectivity index (χ1) is 10.3. The standard InChI is InChI=1S/C17H22N4/c1-21-10-7-16(20-17-12-18-8-9-19-17)15(13-21)11-14-5-3-2-4-6-14/h2-6,8-9,12,15-16H,7,10-11,13H2,1H3,(H,19,20)/t15-,16+/m0/s1. The summed E-state index contributed by atoms with van der Waals surface area (Å²) < 4.78 is 0. The molecule has 0 radical (unpaired) electrons. The van der Waals surface area contributed by atoms with Gasteiger partial charge in [0.05, 0.1) is 6.20 Å². The van der Waals surface area contributed by atoms with Gasteiger partial charge in [0.25, 0.3) is 0 Å². The maximum absolute atomic E-state index is 4.35. The van der Waals surface area contributed by atoms with Crippen molar-refractivity contribution >= 4 is 5.82 Å². The quantitative estimate of drug-likeness (QED) is 0.935. The summed E-state index contributed by atoms with van der Waals surface area (Å²) in [4.78, 5) is 10.9. The monoisotopic (exact) mass is 282 g/mol. The number of nitrogens with zero attached hydrogens (tertiary/aromatic N) is 3. The summed E-state index contributed by atoms with van der Waals surface area (Å²) in [5.74, 6) is 1.47. The van der Waals surface area contributed by atoms with Crippen LogP contribution in [-0.4, -0.2) is 41.0 Å². The van der Waals surface area contributed by atoms with Gasteiger partial charge in [0.2, 0.25) is 0 Å². The van der Waals surface area contributed by atoms with Crippen LogP contribution in [0.15, 0.2) is 48.9 Å². The number of aromatic nitrogens is 2. The lowest BCUT2D eigenvalue weighted by molar-refractivity contribution is 0.193. The van der Waals surface area contributed by atoms with E-state index in [1.165, 1.54) is 5.56 Å². The number of rotatable bonds is 4. The Bertz CT molecular complexity index is 543. The van der Waals surface area contributed by atoms with Gasteiger partial charge in [0.1, 0.15) is 5.82 Å². The van der Waals surface area contributed by atoms with E-state index in [0.29, 0.717) is 12.0 Å². The van der Waals surface area contributed by atoms with Gasteiger partial charge in [-0.3, -0.25) is 4.98 Å². The molecule has 0 unspecified atom stereocenters. The lowest BCUT2D eigenvalue weighted by Crippen LogP contribution is -2.45. The molecule has 4 nitrogen and oxygen atoms in total. The van der Waals surface area contributed by atoms with Crippen LogP contribution in [0, 0.1) is 5.92 Å². The number of benzene rings is 1. The SMILES string of the molecule is CN1CC[C@@H](Nc2cnccn2)[C@@H](Cc2ccccc2)C1. The van der Waals surface area contributed by atoms with Gasteiger partial charge in [0.15, 0.2) is 0 Å². The predicted molar refractivity (Wildman–Crippen MR) is 85.2 cm³/mol. The molecule has 2 aromatic rings. The van der Waals surface area contributed by atoms with Gasteiger partial charge >= 0.3 is 0 Å². The van der Waals surface area contributed by atoms with Crippen LogP contribution in [0.25, 0.3) is 0 Å². The fraction of sp³-hybridized carbons (Fsp3) is 0.412. The number of anilines is 1. The minimum atomic E-state index is 0.457. The van der Waals surface area contributed by atoms with E-state index in [0.717, 1.165) is 31.7 Å². The molecule has 0 amide bonds. The molecule has 0 bridgehead atoms. The van der Waals surface area contributed by atoms with Crippen molar-refractivity contribution in [2.24, 2.45) is 5.92 Å². The molecule has 0 spiro atoms. The zero-order valence-electron chi connectivity index (χ0n) is 12.4. The highest BCUT2D eigenvalue weighted by Crippen LogP contribution is 2.23. The van der Waals surface area contributed by atoms with Crippen molar-refractivity contribution in [2.45, 2.75) is 18.9 Å². The first kappa shape index (κ1) is 14.0. The lowest BCUT2D eigenvalue weighted by atomic mass is 9.87. The average Bonchev–Trinajstić information content (AvgIpc) is 2.52. The van der Waals surface area contributed by atoms with Gasteiger partial charge in [-0.05, 0) is 37.9 Å². The second-order valence-corrected chi connectivity index (χ2v) is 5.84.